The van der Waals surface area contributed by atoms with Crippen LogP contribution in [0.5, 0.6) is 0 Å². The van der Waals surface area contributed by atoms with Crippen molar-refractivity contribution in [1.29, 1.82) is 0 Å². The fraction of sp³-hybridized carbons (Fsp3) is 0.250. The highest BCUT2D eigenvalue weighted by Gasteiger charge is 2.37. The number of carboxylic acid groups (broad SMARTS) is 1. The molecule has 13 heteroatoms. The van der Waals surface area contributed by atoms with Gasteiger partial charge in [-0.2, -0.15) is 26.3 Å². The quantitative estimate of drug-likeness (QED) is 0.264. The van der Waals surface area contributed by atoms with Crippen LogP contribution in [0.4, 0.5) is 26.3 Å². The Kier molecular flexibility index (Phi) is 7.24. The second kappa shape index (κ2) is 9.47. The van der Waals surface area contributed by atoms with Crippen molar-refractivity contribution in [3.05, 3.63) is 50.6 Å². The van der Waals surface area contributed by atoms with Crippen LogP contribution in [0, 0.1) is 0 Å². The highest BCUT2D eigenvalue weighted by molar-refractivity contribution is 8.26. The third kappa shape index (κ3) is 6.15. The van der Waals surface area contributed by atoms with Crippen LogP contribution in [-0.2, 0) is 21.9 Å². The number of benzene rings is 1. The Morgan fingerprint density at radius 2 is 1.64 bits per heavy atom. The average molecular weight is 526 g/mol. The Labute approximate surface area is 196 Å². The van der Waals surface area contributed by atoms with Crippen LogP contribution >= 0.6 is 35.3 Å². The number of nitrogens with zero attached hydrogens (tertiary/aromatic N) is 1. The van der Waals surface area contributed by atoms with Crippen molar-refractivity contribution in [1.82, 2.24) is 4.90 Å². The second-order valence-electron chi connectivity index (χ2n) is 6.86. The summed E-state index contributed by atoms with van der Waals surface area (Å²) in [5, 5.41) is 10.1. The first-order valence-corrected chi connectivity index (χ1v) is 11.2. The molecule has 1 aromatic carbocycles. The zero-order chi connectivity index (χ0) is 24.6. The number of rotatable bonds is 6. The van der Waals surface area contributed by atoms with Gasteiger partial charge in [-0.1, -0.05) is 24.0 Å². The minimum absolute atomic E-state index is 0.0620. The largest absolute Gasteiger partial charge is 0.481 e. The topological polar surface area (TPSA) is 57.6 Å². The molecule has 176 valence electrons. The molecular formula is C20H13F6NO3S3. The monoisotopic (exact) mass is 525 g/mol. The van der Waals surface area contributed by atoms with Crippen molar-refractivity contribution in [3.8, 4) is 11.1 Å². The number of carbonyl (C=O) groups is 2. The summed E-state index contributed by atoms with van der Waals surface area (Å²) < 4.78 is 78.9. The Bertz CT molecular complexity index is 1100. The fourth-order valence-corrected chi connectivity index (χ4v) is 5.13. The lowest BCUT2D eigenvalue weighted by molar-refractivity contribution is -0.143. The molecule has 2 heterocycles. The van der Waals surface area contributed by atoms with E-state index in [-0.39, 0.29) is 45.8 Å². The normalized spacial score (nSPS) is 16.2. The highest BCUT2D eigenvalue weighted by atomic mass is 32.2. The Hall–Kier alpha value is -2.38. The maximum absolute atomic E-state index is 13.1. The van der Waals surface area contributed by atoms with Crippen molar-refractivity contribution in [2.45, 2.75) is 25.2 Å². The van der Waals surface area contributed by atoms with Crippen molar-refractivity contribution in [3.63, 3.8) is 0 Å². The molecule has 0 spiro atoms. The van der Waals surface area contributed by atoms with Gasteiger partial charge in [0.1, 0.15) is 4.32 Å². The summed E-state index contributed by atoms with van der Waals surface area (Å²) in [5.41, 5.74) is -2.95. The SMILES string of the molecule is O=C(O)CCCN1C(=O)/C(=C/c2cc(-c3cc(C(F)(F)F)cc(C(F)(F)F)c3)cs2)SC1=S. The van der Waals surface area contributed by atoms with E-state index in [9.17, 15) is 35.9 Å². The van der Waals surface area contributed by atoms with E-state index in [2.05, 4.69) is 0 Å². The predicted octanol–water partition coefficient (Wildman–Crippen LogP) is 6.52. The number of thioether (sulfide) groups is 1. The number of carbonyl (C=O) groups excluding carboxylic acids is 1. The van der Waals surface area contributed by atoms with E-state index in [0.29, 0.717) is 17.0 Å². The van der Waals surface area contributed by atoms with Crippen LogP contribution in [0.1, 0.15) is 28.8 Å². The molecule has 1 aromatic heterocycles. The van der Waals surface area contributed by atoms with Gasteiger partial charge in [-0.05, 0) is 53.3 Å². The summed E-state index contributed by atoms with van der Waals surface area (Å²) in [6, 6.07) is 2.73. The number of amides is 1. The van der Waals surface area contributed by atoms with Gasteiger partial charge >= 0.3 is 18.3 Å². The van der Waals surface area contributed by atoms with Crippen molar-refractivity contribution in [2.75, 3.05) is 6.54 Å². The van der Waals surface area contributed by atoms with Gasteiger partial charge < -0.3 is 5.11 Å². The number of hydrogen-bond acceptors (Lipinski definition) is 5. The number of hydrogen-bond donors (Lipinski definition) is 1. The van der Waals surface area contributed by atoms with Crippen LogP contribution in [-0.4, -0.2) is 32.7 Å². The van der Waals surface area contributed by atoms with Crippen molar-refractivity contribution in [2.24, 2.45) is 0 Å². The van der Waals surface area contributed by atoms with Gasteiger partial charge in [-0.3, -0.25) is 14.5 Å². The molecule has 2 aromatic rings. The second-order valence-corrected chi connectivity index (χ2v) is 9.48. The van der Waals surface area contributed by atoms with Gasteiger partial charge in [0.05, 0.1) is 16.0 Å². The van der Waals surface area contributed by atoms with Crippen molar-refractivity contribution >= 4 is 57.6 Å². The van der Waals surface area contributed by atoms with E-state index in [1.54, 1.807) is 0 Å². The molecule has 33 heavy (non-hydrogen) atoms. The molecule has 1 fully saturated rings. The third-order valence-electron chi connectivity index (χ3n) is 4.46. The van der Waals surface area contributed by atoms with Gasteiger partial charge in [-0.15, -0.1) is 11.3 Å². The molecule has 1 saturated heterocycles. The number of alkyl halides is 6. The average Bonchev–Trinajstić information content (AvgIpc) is 3.26. The van der Waals surface area contributed by atoms with Gasteiger partial charge in [0.2, 0.25) is 0 Å². The molecule has 0 aliphatic carbocycles. The number of halogens is 6. The molecule has 4 nitrogen and oxygen atoms in total. The minimum Gasteiger partial charge on any atom is -0.481 e. The smallest absolute Gasteiger partial charge is 0.416 e. The molecule has 0 radical (unpaired) electrons. The number of carboxylic acids is 1. The summed E-state index contributed by atoms with van der Waals surface area (Å²) in [6.07, 6.45) is -8.40. The number of thiophene rings is 1. The lowest BCUT2D eigenvalue weighted by Crippen LogP contribution is -2.29. The molecule has 0 unspecified atom stereocenters. The Morgan fingerprint density at radius 1 is 1.03 bits per heavy atom. The molecule has 0 atom stereocenters. The fourth-order valence-electron chi connectivity index (χ4n) is 2.91. The van der Waals surface area contributed by atoms with Gasteiger partial charge in [0.25, 0.3) is 5.91 Å². The first-order chi connectivity index (χ1) is 15.3. The molecule has 3 rings (SSSR count). The number of aliphatic carboxylic acids is 1. The summed E-state index contributed by atoms with van der Waals surface area (Å²) in [6.45, 7) is 0.119. The van der Waals surface area contributed by atoms with Crippen LogP contribution in [0.2, 0.25) is 0 Å². The number of thiocarbonyl (C=S) groups is 1. The maximum Gasteiger partial charge on any atom is 0.416 e. The van der Waals surface area contributed by atoms with E-state index < -0.39 is 35.4 Å². The zero-order valence-electron chi connectivity index (χ0n) is 16.3. The van der Waals surface area contributed by atoms with Crippen LogP contribution in [0.15, 0.2) is 34.6 Å². The van der Waals surface area contributed by atoms with Crippen LogP contribution < -0.4 is 0 Å². The zero-order valence-corrected chi connectivity index (χ0v) is 18.7. The molecular weight excluding hydrogens is 512 g/mol. The van der Waals surface area contributed by atoms with E-state index in [1.165, 1.54) is 22.4 Å². The lowest BCUT2D eigenvalue weighted by Gasteiger charge is -2.13. The first kappa shape index (κ1) is 25.2. The summed E-state index contributed by atoms with van der Waals surface area (Å²) in [4.78, 5) is 25.1. The predicted molar refractivity (Wildman–Crippen MR) is 117 cm³/mol. The highest BCUT2D eigenvalue weighted by Crippen LogP contribution is 2.40. The summed E-state index contributed by atoms with van der Waals surface area (Å²) in [7, 11) is 0. The standard InChI is InChI=1S/C20H13F6NO3S3/c21-19(22,23)12-4-10(5-13(7-12)20(24,25)26)11-6-14(32-9-11)8-15-17(30)27(18(31)33-15)3-1-2-16(28)29/h4-9H,1-3H2,(H,28,29)/b15-8-. The third-order valence-corrected chi connectivity index (χ3v) is 6.72. The van der Waals surface area contributed by atoms with Crippen molar-refractivity contribution < 1.29 is 41.0 Å². The van der Waals surface area contributed by atoms with E-state index in [4.69, 9.17) is 17.3 Å². The summed E-state index contributed by atoms with van der Waals surface area (Å²) in [5.74, 6) is -1.45. The van der Waals surface area contributed by atoms with E-state index in [1.807, 2.05) is 0 Å². The molecule has 1 amide bonds. The van der Waals surface area contributed by atoms with E-state index >= 15 is 0 Å². The van der Waals surface area contributed by atoms with Crippen LogP contribution in [0.25, 0.3) is 17.2 Å². The molecule has 1 aliphatic heterocycles. The van der Waals surface area contributed by atoms with Gasteiger partial charge in [0.15, 0.2) is 0 Å². The maximum atomic E-state index is 13.1. The lowest BCUT2D eigenvalue weighted by atomic mass is 10.0. The molecule has 0 saturated carbocycles. The van der Waals surface area contributed by atoms with E-state index in [0.717, 1.165) is 23.1 Å². The molecule has 1 aliphatic rings. The Morgan fingerprint density at radius 3 is 2.18 bits per heavy atom. The first-order valence-electron chi connectivity index (χ1n) is 9.11. The minimum atomic E-state index is -4.95. The molecule has 1 N–H and O–H groups in total. The summed E-state index contributed by atoms with van der Waals surface area (Å²) >= 11 is 7.16. The van der Waals surface area contributed by atoms with Crippen LogP contribution in [0.3, 0.4) is 0 Å². The van der Waals surface area contributed by atoms with Gasteiger partial charge in [-0.25, -0.2) is 0 Å². The Balaban J connectivity index is 1.87. The van der Waals surface area contributed by atoms with Gasteiger partial charge in [0, 0.05) is 17.8 Å². The molecule has 0 bridgehead atoms.